The van der Waals surface area contributed by atoms with Crippen molar-refractivity contribution in [2.45, 2.75) is 56.6 Å². The van der Waals surface area contributed by atoms with Crippen LogP contribution in [-0.4, -0.2) is 56.7 Å². The summed E-state index contributed by atoms with van der Waals surface area (Å²) in [7, 11) is 0. The van der Waals surface area contributed by atoms with Gasteiger partial charge < -0.3 is 24.7 Å². The van der Waals surface area contributed by atoms with Crippen LogP contribution in [0.2, 0.25) is 0 Å². The fourth-order valence-corrected chi connectivity index (χ4v) is 3.58. The molecule has 1 aromatic rings. The number of nitrogens with two attached hydrogens (primary N) is 1. The van der Waals surface area contributed by atoms with Gasteiger partial charge in [-0.2, -0.15) is 4.98 Å². The molecule has 2 rings (SSSR count). The first kappa shape index (κ1) is 23.7. The third-order valence-electron chi connectivity index (χ3n) is 4.05. The van der Waals surface area contributed by atoms with E-state index in [2.05, 4.69) is 20.9 Å². The number of carbonyl (C=O) groups is 3. The maximum absolute atomic E-state index is 13.8. The molecule has 0 amide bonds. The summed E-state index contributed by atoms with van der Waals surface area (Å²) >= 11 is 3.28. The van der Waals surface area contributed by atoms with Gasteiger partial charge in [0.25, 0.3) is 0 Å². The number of rotatable bonds is 6. The molecule has 1 aromatic heterocycles. The van der Waals surface area contributed by atoms with Gasteiger partial charge in [0.2, 0.25) is 5.60 Å². The first-order valence-corrected chi connectivity index (χ1v) is 9.62. The lowest BCUT2D eigenvalue weighted by molar-refractivity contribution is -0.181. The minimum Gasteiger partial charge on any atom is -0.460 e. The number of nitrogen functional groups attached to an aromatic ring is 1. The van der Waals surface area contributed by atoms with E-state index in [-0.39, 0.29) is 0 Å². The molecule has 0 radical (unpaired) electrons. The van der Waals surface area contributed by atoms with Crippen molar-refractivity contribution in [3.05, 3.63) is 22.5 Å². The van der Waals surface area contributed by atoms with Crippen LogP contribution in [0.3, 0.4) is 0 Å². The molecular weight excluding hydrogens is 473 g/mol. The van der Waals surface area contributed by atoms with Crippen molar-refractivity contribution >= 4 is 39.7 Å². The molecule has 2 N–H and O–H groups in total. The van der Waals surface area contributed by atoms with Crippen LogP contribution in [0.15, 0.2) is 11.0 Å². The molecule has 4 unspecified atom stereocenters. The summed E-state index contributed by atoms with van der Waals surface area (Å²) in [5, 5.41) is 0. The molecular formula is C17H21BrFN3O8. The second kappa shape index (κ2) is 9.08. The summed E-state index contributed by atoms with van der Waals surface area (Å²) < 4.78 is 35.6. The predicted octanol–water partition coefficient (Wildman–Crippen LogP) is 0.442. The predicted molar refractivity (Wildman–Crippen MR) is 102 cm³/mol. The van der Waals surface area contributed by atoms with Crippen molar-refractivity contribution in [1.29, 1.82) is 0 Å². The van der Waals surface area contributed by atoms with E-state index < -0.39 is 70.7 Å². The minimum absolute atomic E-state index is 0.403. The topological polar surface area (TPSA) is 149 Å². The number of anilines is 1. The van der Waals surface area contributed by atoms with Crippen LogP contribution >= 0.6 is 15.9 Å². The van der Waals surface area contributed by atoms with E-state index in [4.69, 9.17) is 24.7 Å². The van der Waals surface area contributed by atoms with Gasteiger partial charge in [-0.05, 0) is 13.8 Å². The maximum Gasteiger partial charge on any atom is 0.351 e. The number of esters is 3. The Bertz CT molecular complexity index is 905. The highest BCUT2D eigenvalue weighted by Crippen LogP contribution is 2.36. The number of carbonyl (C=O) groups excluding carboxylic acids is 3. The fourth-order valence-electron chi connectivity index (χ4n) is 2.76. The van der Waals surface area contributed by atoms with Crippen LogP contribution < -0.4 is 11.4 Å². The van der Waals surface area contributed by atoms with Crippen molar-refractivity contribution in [1.82, 2.24) is 9.55 Å². The molecule has 4 atom stereocenters. The second-order valence-corrected chi connectivity index (χ2v) is 8.01. The maximum atomic E-state index is 13.8. The number of hydrogen-bond acceptors (Lipinski definition) is 10. The second-order valence-electron chi connectivity index (χ2n) is 6.95. The smallest absolute Gasteiger partial charge is 0.351 e. The molecule has 0 aromatic carbocycles. The van der Waals surface area contributed by atoms with Crippen molar-refractivity contribution in [3.8, 4) is 0 Å². The summed E-state index contributed by atoms with van der Waals surface area (Å²) in [5.41, 5.74) is 2.83. The average molecular weight is 494 g/mol. The van der Waals surface area contributed by atoms with Crippen LogP contribution in [0.4, 0.5) is 10.2 Å². The summed E-state index contributed by atoms with van der Waals surface area (Å²) in [6.45, 7) is 4.59. The molecule has 1 aliphatic heterocycles. The third-order valence-corrected chi connectivity index (χ3v) is 5.02. The zero-order chi connectivity index (χ0) is 22.8. The van der Waals surface area contributed by atoms with E-state index in [0.29, 0.717) is 0 Å². The van der Waals surface area contributed by atoms with E-state index in [0.717, 1.165) is 24.6 Å². The highest BCUT2D eigenvalue weighted by Gasteiger charge is 2.48. The number of halogens is 2. The van der Waals surface area contributed by atoms with Crippen molar-refractivity contribution in [2.24, 2.45) is 0 Å². The van der Waals surface area contributed by atoms with Crippen molar-refractivity contribution < 1.29 is 37.7 Å². The third kappa shape index (κ3) is 5.33. The number of alkyl halides is 1. The lowest BCUT2D eigenvalue weighted by Crippen LogP contribution is -2.41. The van der Waals surface area contributed by atoms with Crippen LogP contribution in [0.25, 0.3) is 0 Å². The van der Waals surface area contributed by atoms with Crippen LogP contribution in [-0.2, 0) is 33.3 Å². The number of ether oxygens (including phenoxy) is 4. The molecule has 0 bridgehead atoms. The van der Waals surface area contributed by atoms with Gasteiger partial charge in [-0.1, -0.05) is 15.9 Å². The standard InChI is InChI=1S/C17H21BrFN3O8/c1-7(23)28-12-10(6-27-15(25)17(3,4)30-8(2)24)29-14(11(12)18)22-5-9(19)13(20)21-16(22)26/h5,10-12,14H,6H2,1-4H3,(H2,20,21,26). The Hall–Kier alpha value is -2.54. The minimum atomic E-state index is -1.56. The van der Waals surface area contributed by atoms with E-state index in [1.165, 1.54) is 13.8 Å². The fraction of sp³-hybridized carbons (Fsp3) is 0.588. The molecule has 2 heterocycles. The number of hydrogen-bond donors (Lipinski definition) is 1. The Morgan fingerprint density at radius 2 is 1.97 bits per heavy atom. The van der Waals surface area contributed by atoms with Gasteiger partial charge in [-0.3, -0.25) is 14.2 Å². The van der Waals surface area contributed by atoms with Crippen molar-refractivity contribution in [2.75, 3.05) is 12.3 Å². The Labute approximate surface area is 178 Å². The Morgan fingerprint density at radius 1 is 1.33 bits per heavy atom. The number of aromatic nitrogens is 2. The zero-order valence-corrected chi connectivity index (χ0v) is 18.2. The van der Waals surface area contributed by atoms with Crippen LogP contribution in [0, 0.1) is 5.82 Å². The first-order valence-electron chi connectivity index (χ1n) is 8.71. The monoisotopic (exact) mass is 493 g/mol. The average Bonchev–Trinajstić information content (AvgIpc) is 2.90. The molecule has 1 aliphatic rings. The van der Waals surface area contributed by atoms with Crippen molar-refractivity contribution in [3.63, 3.8) is 0 Å². The molecule has 1 saturated heterocycles. The normalized spacial score (nSPS) is 23.7. The van der Waals surface area contributed by atoms with Gasteiger partial charge in [0.05, 0.1) is 11.0 Å². The molecule has 0 saturated carbocycles. The first-order chi connectivity index (χ1) is 13.8. The quantitative estimate of drug-likeness (QED) is 0.336. The Kier molecular flexibility index (Phi) is 7.18. The molecule has 30 heavy (non-hydrogen) atoms. The SMILES string of the molecule is CC(=O)OC1C(COC(=O)C(C)(C)OC(C)=O)OC(n2cc(F)c(N)nc2=O)C1Br. The van der Waals surface area contributed by atoms with Gasteiger partial charge in [0, 0.05) is 13.8 Å². The van der Waals surface area contributed by atoms with Gasteiger partial charge in [0.15, 0.2) is 17.9 Å². The Morgan fingerprint density at radius 3 is 2.53 bits per heavy atom. The summed E-state index contributed by atoms with van der Waals surface area (Å²) in [4.78, 5) is 49.6. The molecule has 0 spiro atoms. The number of nitrogens with zero attached hydrogens (tertiary/aromatic N) is 2. The van der Waals surface area contributed by atoms with Gasteiger partial charge in [0.1, 0.15) is 18.8 Å². The molecule has 13 heteroatoms. The van der Waals surface area contributed by atoms with Gasteiger partial charge in [-0.15, -0.1) is 0 Å². The van der Waals surface area contributed by atoms with E-state index in [1.807, 2.05) is 0 Å². The van der Waals surface area contributed by atoms with E-state index >= 15 is 0 Å². The summed E-state index contributed by atoms with van der Waals surface area (Å²) in [6.07, 6.45) is -2.35. The van der Waals surface area contributed by atoms with E-state index in [1.54, 1.807) is 0 Å². The summed E-state index contributed by atoms with van der Waals surface area (Å²) in [5.74, 6) is -3.71. The highest BCUT2D eigenvalue weighted by atomic mass is 79.9. The van der Waals surface area contributed by atoms with Crippen LogP contribution in [0.5, 0.6) is 0 Å². The zero-order valence-electron chi connectivity index (χ0n) is 16.6. The van der Waals surface area contributed by atoms with Crippen LogP contribution in [0.1, 0.15) is 33.9 Å². The highest BCUT2D eigenvalue weighted by molar-refractivity contribution is 9.09. The van der Waals surface area contributed by atoms with Gasteiger partial charge in [-0.25, -0.2) is 14.0 Å². The summed E-state index contributed by atoms with van der Waals surface area (Å²) in [6, 6.07) is 0. The molecule has 11 nitrogen and oxygen atoms in total. The van der Waals surface area contributed by atoms with Gasteiger partial charge >= 0.3 is 23.6 Å². The molecule has 0 aliphatic carbocycles. The Balaban J connectivity index is 2.23. The lowest BCUT2D eigenvalue weighted by atomic mass is 10.1. The lowest BCUT2D eigenvalue weighted by Gasteiger charge is -2.24. The largest absolute Gasteiger partial charge is 0.460 e. The molecule has 166 valence electrons. The van der Waals surface area contributed by atoms with E-state index in [9.17, 15) is 23.6 Å². The molecule has 1 fully saturated rings.